The van der Waals surface area contributed by atoms with Gasteiger partial charge in [-0.1, -0.05) is 0 Å². The predicted molar refractivity (Wildman–Crippen MR) is 66.0 cm³/mol. The highest BCUT2D eigenvalue weighted by Gasteiger charge is 2.05. The third-order valence-electron chi connectivity index (χ3n) is 2.09. The summed E-state index contributed by atoms with van der Waals surface area (Å²) in [4.78, 5) is 20.7. The summed E-state index contributed by atoms with van der Waals surface area (Å²) in [5, 5.41) is 0. The van der Waals surface area contributed by atoms with Crippen LogP contribution in [0.25, 0.3) is 0 Å². The van der Waals surface area contributed by atoms with E-state index in [0.717, 1.165) is 12.2 Å². The van der Waals surface area contributed by atoms with E-state index in [9.17, 15) is 4.79 Å². The fraction of sp³-hybridized carbons (Fsp3) is 0.400. The molecule has 0 fully saturated rings. The number of aryl methyl sites for hydroxylation is 1. The van der Waals surface area contributed by atoms with Gasteiger partial charge < -0.3 is 9.88 Å². The molecule has 1 rings (SSSR count). The van der Waals surface area contributed by atoms with Crippen LogP contribution in [0.1, 0.15) is 12.6 Å². The molecule has 0 bridgehead atoms. The molecule has 0 saturated carbocycles. The molecule has 0 spiro atoms. The minimum Gasteiger partial charge on any atom is -0.366 e. The molecule has 1 N–H and O–H groups in total. The molecule has 82 valence electrons. The summed E-state index contributed by atoms with van der Waals surface area (Å²) in [7, 11) is 1.91. The first-order valence-corrected chi connectivity index (χ1v) is 5.47. The minimum absolute atomic E-state index is 0.0907. The third kappa shape index (κ3) is 2.92. The Bertz CT molecular complexity index is 425. The Hall–Kier alpha value is -1.10. The molecule has 1 heterocycles. The van der Waals surface area contributed by atoms with E-state index in [1.165, 1.54) is 0 Å². The lowest BCUT2D eigenvalue weighted by atomic mass is 10.3. The van der Waals surface area contributed by atoms with E-state index in [1.54, 1.807) is 12.5 Å². The van der Waals surface area contributed by atoms with Gasteiger partial charge in [0, 0.05) is 25.5 Å². The molecule has 5 heteroatoms. The van der Waals surface area contributed by atoms with Gasteiger partial charge in [0.15, 0.2) is 0 Å². The summed E-state index contributed by atoms with van der Waals surface area (Å²) in [6.07, 6.45) is 3.28. The molecule has 0 aromatic carbocycles. The highest BCUT2D eigenvalue weighted by Crippen LogP contribution is 2.13. The van der Waals surface area contributed by atoms with Gasteiger partial charge in [-0.3, -0.25) is 4.79 Å². The molecule has 0 unspecified atom stereocenters. The normalized spacial score (nSPS) is 10.9. The maximum atomic E-state index is 11.7. The number of aliphatic imine (C=N–C) groups is 1. The van der Waals surface area contributed by atoms with Crippen LogP contribution >= 0.6 is 15.9 Å². The van der Waals surface area contributed by atoms with Crippen molar-refractivity contribution in [3.05, 3.63) is 26.6 Å². The molecule has 0 atom stereocenters. The molecule has 0 saturated heterocycles. The second kappa shape index (κ2) is 5.11. The van der Waals surface area contributed by atoms with Crippen molar-refractivity contribution < 1.29 is 0 Å². The van der Waals surface area contributed by atoms with Gasteiger partial charge in [0.25, 0.3) is 0 Å². The fourth-order valence-electron chi connectivity index (χ4n) is 0.982. The van der Waals surface area contributed by atoms with Gasteiger partial charge in [-0.05, 0) is 29.8 Å². The number of pyridine rings is 1. The van der Waals surface area contributed by atoms with Gasteiger partial charge in [-0.25, -0.2) is 4.99 Å². The monoisotopic (exact) mass is 271 g/mol. The van der Waals surface area contributed by atoms with Crippen molar-refractivity contribution >= 4 is 28.0 Å². The van der Waals surface area contributed by atoms with E-state index in [2.05, 4.69) is 25.9 Å². The summed E-state index contributed by atoms with van der Waals surface area (Å²) in [6, 6.07) is 0. The van der Waals surface area contributed by atoms with Crippen molar-refractivity contribution in [3.63, 3.8) is 0 Å². The van der Waals surface area contributed by atoms with Crippen molar-refractivity contribution in [2.45, 2.75) is 13.8 Å². The Morgan fingerprint density at radius 1 is 1.67 bits per heavy atom. The van der Waals surface area contributed by atoms with E-state index < -0.39 is 0 Å². The van der Waals surface area contributed by atoms with Crippen LogP contribution in [0.2, 0.25) is 0 Å². The fourth-order valence-corrected chi connectivity index (χ4v) is 1.28. The number of halogens is 1. The van der Waals surface area contributed by atoms with Crippen LogP contribution in [-0.2, 0) is 0 Å². The van der Waals surface area contributed by atoms with E-state index in [0.29, 0.717) is 10.2 Å². The van der Waals surface area contributed by atoms with Gasteiger partial charge in [-0.15, -0.1) is 0 Å². The van der Waals surface area contributed by atoms with E-state index in [1.807, 2.05) is 25.8 Å². The number of aromatic amines is 1. The maximum absolute atomic E-state index is 11.7. The van der Waals surface area contributed by atoms with Crippen LogP contribution in [0.3, 0.4) is 0 Å². The lowest BCUT2D eigenvalue weighted by molar-refractivity contribution is 0.552. The zero-order chi connectivity index (χ0) is 11.4. The summed E-state index contributed by atoms with van der Waals surface area (Å²) >= 11 is 3.17. The Balaban J connectivity index is 3.09. The topological polar surface area (TPSA) is 48.5 Å². The van der Waals surface area contributed by atoms with E-state index >= 15 is 0 Å². The Morgan fingerprint density at radius 3 is 2.93 bits per heavy atom. The van der Waals surface area contributed by atoms with Gasteiger partial charge in [-0.2, -0.15) is 0 Å². The number of nitrogens with one attached hydrogen (secondary N) is 1. The molecule has 4 nitrogen and oxygen atoms in total. The Morgan fingerprint density at radius 2 is 2.33 bits per heavy atom. The summed E-state index contributed by atoms with van der Waals surface area (Å²) in [5.74, 6) is 0. The highest BCUT2D eigenvalue weighted by molar-refractivity contribution is 9.10. The highest BCUT2D eigenvalue weighted by atomic mass is 79.9. The predicted octanol–water partition coefficient (Wildman–Crippen LogP) is 2.06. The van der Waals surface area contributed by atoms with E-state index in [4.69, 9.17) is 0 Å². The summed E-state index contributed by atoms with van der Waals surface area (Å²) in [5.41, 5.74) is 1.13. The number of hydrogen-bond acceptors (Lipinski definition) is 2. The standard InChI is InChI=1S/C10H14BrN3O/c1-4-14(3)6-13-9-7(2)12-5-8(11)10(9)15/h5-6H,4H2,1-3H3,(H,12,15). The molecule has 0 amide bonds. The molecule has 15 heavy (non-hydrogen) atoms. The number of aromatic nitrogens is 1. The smallest absolute Gasteiger partial charge is 0.221 e. The Labute approximate surface area is 97.2 Å². The quantitative estimate of drug-likeness (QED) is 0.676. The first kappa shape index (κ1) is 12.0. The SMILES string of the molecule is CCN(C)C=Nc1c(C)[nH]cc(Br)c1=O. The van der Waals surface area contributed by atoms with Crippen molar-refractivity contribution in [2.24, 2.45) is 4.99 Å². The van der Waals surface area contributed by atoms with Crippen molar-refractivity contribution in [1.29, 1.82) is 0 Å². The first-order valence-electron chi connectivity index (χ1n) is 4.68. The molecule has 1 aromatic rings. The number of rotatable bonds is 3. The molecule has 0 radical (unpaired) electrons. The number of nitrogens with zero attached hydrogens (tertiary/aromatic N) is 2. The second-order valence-electron chi connectivity index (χ2n) is 3.26. The zero-order valence-electron chi connectivity index (χ0n) is 9.04. The summed E-state index contributed by atoms with van der Waals surface area (Å²) < 4.78 is 0.499. The molecule has 1 aromatic heterocycles. The number of hydrogen-bond donors (Lipinski definition) is 1. The van der Waals surface area contributed by atoms with Gasteiger partial charge in [0.05, 0.1) is 10.8 Å². The van der Waals surface area contributed by atoms with Crippen LogP contribution in [0.15, 0.2) is 20.5 Å². The van der Waals surface area contributed by atoms with Crippen molar-refractivity contribution in [2.75, 3.05) is 13.6 Å². The van der Waals surface area contributed by atoms with Crippen LogP contribution in [0, 0.1) is 6.92 Å². The lowest BCUT2D eigenvalue weighted by Crippen LogP contribution is -2.15. The zero-order valence-corrected chi connectivity index (χ0v) is 10.6. The Kier molecular flexibility index (Phi) is 4.08. The van der Waals surface area contributed by atoms with Crippen molar-refractivity contribution in [1.82, 2.24) is 9.88 Å². The van der Waals surface area contributed by atoms with Crippen LogP contribution in [0.5, 0.6) is 0 Å². The lowest BCUT2D eigenvalue weighted by Gasteiger charge is -2.08. The molecular formula is C10H14BrN3O. The van der Waals surface area contributed by atoms with Gasteiger partial charge in [0.1, 0.15) is 5.69 Å². The largest absolute Gasteiger partial charge is 0.366 e. The molecule has 0 aliphatic heterocycles. The molecular weight excluding hydrogens is 258 g/mol. The number of H-pyrrole nitrogens is 1. The van der Waals surface area contributed by atoms with Gasteiger partial charge >= 0.3 is 0 Å². The van der Waals surface area contributed by atoms with Gasteiger partial charge in [0.2, 0.25) is 5.43 Å². The van der Waals surface area contributed by atoms with Crippen LogP contribution in [0.4, 0.5) is 5.69 Å². The van der Waals surface area contributed by atoms with Crippen LogP contribution in [-0.4, -0.2) is 29.8 Å². The average molecular weight is 272 g/mol. The average Bonchev–Trinajstić information content (AvgIpc) is 2.23. The molecule has 0 aliphatic carbocycles. The first-order chi connectivity index (χ1) is 7.06. The van der Waals surface area contributed by atoms with Crippen molar-refractivity contribution in [3.8, 4) is 0 Å². The maximum Gasteiger partial charge on any atom is 0.221 e. The summed E-state index contributed by atoms with van der Waals surface area (Å²) in [6.45, 7) is 4.70. The second-order valence-corrected chi connectivity index (χ2v) is 4.11. The molecule has 0 aliphatic rings. The third-order valence-corrected chi connectivity index (χ3v) is 2.67. The minimum atomic E-state index is -0.0907. The van der Waals surface area contributed by atoms with Crippen LogP contribution < -0.4 is 5.43 Å². The van der Waals surface area contributed by atoms with E-state index in [-0.39, 0.29) is 5.43 Å².